The van der Waals surface area contributed by atoms with Gasteiger partial charge in [0.15, 0.2) is 0 Å². The predicted octanol–water partition coefficient (Wildman–Crippen LogP) is 0.774. The minimum Gasteiger partial charge on any atom is -0.738 e. The van der Waals surface area contributed by atoms with Crippen molar-refractivity contribution in [3.63, 3.8) is 0 Å². The molecule has 1 aromatic rings. The Hall–Kier alpha value is -1.98. The highest BCUT2D eigenvalue weighted by molar-refractivity contribution is 8.14. The minimum absolute atomic E-state index is 0.107. The molecule has 2 amide bonds. The summed E-state index contributed by atoms with van der Waals surface area (Å²) in [7, 11) is 3.14. The quantitative estimate of drug-likeness (QED) is 0.644. The van der Waals surface area contributed by atoms with Gasteiger partial charge in [-0.15, -0.1) is 5.39 Å². The van der Waals surface area contributed by atoms with Gasteiger partial charge in [0.25, 0.3) is 0 Å². The van der Waals surface area contributed by atoms with Gasteiger partial charge in [-0.2, -0.15) is 0 Å². The molecule has 0 aliphatic heterocycles. The predicted molar refractivity (Wildman–Crippen MR) is 91.3 cm³/mol. The fourth-order valence-corrected chi connectivity index (χ4v) is 2.69. The molecule has 1 aromatic carbocycles. The molecule has 0 saturated heterocycles. The number of carbonyl (C=O) groups excluding carboxylic acids is 3. The first-order chi connectivity index (χ1) is 11.7. The van der Waals surface area contributed by atoms with Gasteiger partial charge in [-0.25, -0.2) is 0 Å². The Bertz CT molecular complexity index is 606. The van der Waals surface area contributed by atoms with E-state index in [-0.39, 0.29) is 29.3 Å². The Morgan fingerprint density at radius 2 is 1.88 bits per heavy atom. The van der Waals surface area contributed by atoms with Crippen LogP contribution in [0.15, 0.2) is 24.3 Å². The van der Waals surface area contributed by atoms with Crippen LogP contribution in [0.1, 0.15) is 22.8 Å². The Morgan fingerprint density at radius 3 is 2.36 bits per heavy atom. The molecule has 10 heteroatoms. The van der Waals surface area contributed by atoms with E-state index >= 15 is 0 Å². The molecular weight excluding hydrogens is 350 g/mol. The van der Waals surface area contributed by atoms with Gasteiger partial charge in [-0.05, 0) is 5.56 Å². The van der Waals surface area contributed by atoms with Crippen molar-refractivity contribution in [3.05, 3.63) is 40.6 Å². The van der Waals surface area contributed by atoms with E-state index in [0.717, 1.165) is 11.8 Å². The van der Waals surface area contributed by atoms with E-state index in [9.17, 15) is 19.6 Å². The average Bonchev–Trinajstić information content (AvgIpc) is 2.55. The molecule has 0 heterocycles. The first-order valence-corrected chi connectivity index (χ1v) is 8.22. The van der Waals surface area contributed by atoms with Gasteiger partial charge in [0.05, 0.1) is 6.61 Å². The fourth-order valence-electron chi connectivity index (χ4n) is 1.84. The van der Waals surface area contributed by atoms with E-state index in [0.29, 0.717) is 11.1 Å². The van der Waals surface area contributed by atoms with Crippen LogP contribution < -0.4 is 5.32 Å². The molecule has 25 heavy (non-hydrogen) atoms. The first-order valence-electron chi connectivity index (χ1n) is 7.24. The lowest BCUT2D eigenvalue weighted by molar-refractivity contribution is -0.312. The Kier molecular flexibility index (Phi) is 8.52. The highest BCUT2D eigenvalue weighted by atomic mass is 32.2. The maximum atomic E-state index is 12.2. The summed E-state index contributed by atoms with van der Waals surface area (Å²) in [5, 5.41) is 20.2. The van der Waals surface area contributed by atoms with Crippen LogP contribution in [0, 0.1) is 5.21 Å². The lowest BCUT2D eigenvalue weighted by atomic mass is 10.2. The lowest BCUT2D eigenvalue weighted by Crippen LogP contribution is -2.47. The van der Waals surface area contributed by atoms with Gasteiger partial charge in [0.1, 0.15) is 6.04 Å². The Labute approximate surface area is 149 Å². The van der Waals surface area contributed by atoms with Crippen molar-refractivity contribution in [2.24, 2.45) is 0 Å². The van der Waals surface area contributed by atoms with Gasteiger partial charge >= 0.3 is 0 Å². The highest BCUT2D eigenvalue weighted by Gasteiger charge is 2.22. The largest absolute Gasteiger partial charge is 0.738 e. The van der Waals surface area contributed by atoms with Gasteiger partial charge in [0.2, 0.25) is 16.9 Å². The number of thioether (sulfide) groups is 1. The summed E-state index contributed by atoms with van der Waals surface area (Å²) < 4.78 is 0. The van der Waals surface area contributed by atoms with Crippen LogP contribution in [-0.4, -0.2) is 58.3 Å². The molecule has 9 nitrogen and oxygen atoms in total. The van der Waals surface area contributed by atoms with Crippen molar-refractivity contribution < 1.29 is 24.4 Å². The molecule has 0 aliphatic rings. The molecule has 2 N–H and O–H groups in total. The number of amides is 2. The van der Waals surface area contributed by atoms with Crippen molar-refractivity contribution in [1.82, 2.24) is 15.6 Å². The molecule has 0 saturated carbocycles. The number of carbonyl (C=O) groups is 3. The molecule has 0 fully saturated rings. The van der Waals surface area contributed by atoms with Crippen LogP contribution in [0.4, 0.5) is 0 Å². The Morgan fingerprint density at radius 1 is 1.28 bits per heavy atom. The summed E-state index contributed by atoms with van der Waals surface area (Å²) in [5.74, 6) is -0.543. The third-order valence-corrected chi connectivity index (χ3v) is 4.03. The fraction of sp³-hybridized carbons (Fsp3) is 0.400. The van der Waals surface area contributed by atoms with Crippen molar-refractivity contribution in [3.8, 4) is 0 Å². The monoisotopic (exact) mass is 370 g/mol. The number of hydrogen-bond acceptors (Lipinski definition) is 8. The molecule has 0 aliphatic carbocycles. The van der Waals surface area contributed by atoms with Crippen molar-refractivity contribution in [2.75, 3.05) is 19.8 Å². The zero-order valence-electron chi connectivity index (χ0n) is 14.1. The number of likely N-dealkylation sites (N-methyl/N-ethyl adjacent to an activating group) is 1. The van der Waals surface area contributed by atoms with E-state index in [1.165, 1.54) is 11.8 Å². The van der Waals surface area contributed by atoms with E-state index in [4.69, 9.17) is 5.21 Å². The van der Waals surface area contributed by atoms with E-state index in [1.54, 1.807) is 38.4 Å². The summed E-state index contributed by atoms with van der Waals surface area (Å²) in [4.78, 5) is 41.1. The first kappa shape index (κ1) is 21.1. The van der Waals surface area contributed by atoms with Crippen molar-refractivity contribution >= 4 is 28.7 Å². The normalized spacial score (nSPS) is 11.9. The molecule has 0 spiro atoms. The van der Waals surface area contributed by atoms with Crippen LogP contribution in [0.2, 0.25) is 0 Å². The average molecular weight is 370 g/mol. The number of hydrogen-bond donors (Lipinski definition) is 2. The van der Waals surface area contributed by atoms with E-state index < -0.39 is 11.4 Å². The zero-order valence-corrected chi connectivity index (χ0v) is 14.9. The van der Waals surface area contributed by atoms with Crippen LogP contribution >= 0.6 is 11.8 Å². The number of rotatable bonds is 8. The van der Waals surface area contributed by atoms with Crippen LogP contribution in [-0.2, 0) is 21.0 Å². The summed E-state index contributed by atoms with van der Waals surface area (Å²) in [6.07, 6.45) is 0. The van der Waals surface area contributed by atoms with Crippen LogP contribution in [0.3, 0.4) is 0 Å². The molecular formula is C15H20N3O6S-. The second-order valence-electron chi connectivity index (χ2n) is 5.29. The van der Waals surface area contributed by atoms with Crippen molar-refractivity contribution in [2.45, 2.75) is 19.6 Å². The van der Waals surface area contributed by atoms with Gasteiger partial charge < -0.3 is 20.6 Å². The second kappa shape index (κ2) is 10.1. The third-order valence-electron chi connectivity index (χ3n) is 3.03. The highest BCUT2D eigenvalue weighted by Crippen LogP contribution is 2.15. The van der Waals surface area contributed by atoms with E-state index in [1.807, 2.05) is 0 Å². The topological polar surface area (TPSA) is 122 Å². The standard InChI is InChI=1S/C15H20N3O6S/c1-10(19)16-13(14(20)17(2)3)9-25-15(21)12-6-4-11(5-7-12)8-24-18(22)23/h4-7,13,22H,8-9H2,1-3H3,(H,16,19)/q-1. The second-order valence-corrected chi connectivity index (χ2v) is 6.29. The van der Waals surface area contributed by atoms with Gasteiger partial charge in [-0.1, -0.05) is 36.0 Å². The summed E-state index contributed by atoms with van der Waals surface area (Å²) in [5.41, 5.74) is 0.992. The summed E-state index contributed by atoms with van der Waals surface area (Å²) in [6, 6.07) is 5.45. The number of nitrogens with one attached hydrogen (secondary N) is 1. The molecule has 0 bridgehead atoms. The zero-order chi connectivity index (χ0) is 19.0. The third kappa shape index (κ3) is 7.63. The molecule has 0 radical (unpaired) electrons. The molecule has 1 unspecified atom stereocenters. The van der Waals surface area contributed by atoms with Crippen LogP contribution in [0.5, 0.6) is 0 Å². The van der Waals surface area contributed by atoms with Gasteiger partial charge in [-0.3, -0.25) is 19.2 Å². The molecule has 1 atom stereocenters. The molecule has 0 aromatic heterocycles. The molecule has 138 valence electrons. The Balaban J connectivity index is 2.64. The number of benzene rings is 1. The van der Waals surface area contributed by atoms with Gasteiger partial charge in [0, 0.05) is 32.3 Å². The summed E-state index contributed by atoms with van der Waals surface area (Å²) >= 11 is 0.919. The van der Waals surface area contributed by atoms with Crippen LogP contribution in [0.25, 0.3) is 0 Å². The molecule has 1 rings (SSSR count). The minimum atomic E-state index is -0.790. The maximum absolute atomic E-state index is 12.2. The number of nitrogens with zero attached hydrogens (tertiary/aromatic N) is 2. The summed E-state index contributed by atoms with van der Waals surface area (Å²) in [6.45, 7) is 1.17. The lowest BCUT2D eigenvalue weighted by Gasteiger charge is -2.20. The van der Waals surface area contributed by atoms with E-state index in [2.05, 4.69) is 10.2 Å². The van der Waals surface area contributed by atoms with Crippen molar-refractivity contribution in [1.29, 1.82) is 0 Å². The SMILES string of the molecule is CC(=O)NC(CSC(=O)c1ccc(CON([O-])O)cc1)C(=O)N(C)C. The smallest absolute Gasteiger partial charge is 0.245 e. The maximum Gasteiger partial charge on any atom is 0.245 e.